The molecule has 0 saturated heterocycles. The highest BCUT2D eigenvalue weighted by atomic mass is 35.5. The molecule has 1 unspecified atom stereocenters. The van der Waals surface area contributed by atoms with Gasteiger partial charge in [-0.2, -0.15) is 0 Å². The molecule has 0 spiro atoms. The molecule has 2 aromatic heterocycles. The lowest BCUT2D eigenvalue weighted by molar-refractivity contribution is -0.125. The van der Waals surface area contributed by atoms with Crippen LogP contribution in [0.2, 0.25) is 10.0 Å². The molecule has 33 heavy (non-hydrogen) atoms. The van der Waals surface area contributed by atoms with Crippen LogP contribution in [0.5, 0.6) is 5.75 Å². The molecular formula is C25H19Cl2N3O2S. The largest absolute Gasteiger partial charge is 0.479 e. The molecule has 0 bridgehead atoms. The number of ether oxygens (including phenoxy) is 1. The number of benzene rings is 2. The SMILES string of the molecule is Cc1sc(-c2ccccn2)nc1-c1ccc2c(c1)N(Cc1ccc(Cl)c(Cl)c1)C(=O)C(C)O2. The second-order valence-corrected chi connectivity index (χ2v) is 9.77. The maximum absolute atomic E-state index is 13.1. The van der Waals surface area contributed by atoms with E-state index in [2.05, 4.69) is 4.98 Å². The van der Waals surface area contributed by atoms with Gasteiger partial charge >= 0.3 is 0 Å². The van der Waals surface area contributed by atoms with Crippen molar-refractivity contribution in [2.75, 3.05) is 4.90 Å². The van der Waals surface area contributed by atoms with Crippen LogP contribution in [0, 0.1) is 6.92 Å². The number of rotatable bonds is 4. The van der Waals surface area contributed by atoms with Crippen LogP contribution in [-0.4, -0.2) is 22.0 Å². The summed E-state index contributed by atoms with van der Waals surface area (Å²) in [5, 5.41) is 1.79. The lowest BCUT2D eigenvalue weighted by atomic mass is 10.1. The van der Waals surface area contributed by atoms with Gasteiger partial charge in [-0.05, 0) is 61.9 Å². The minimum absolute atomic E-state index is 0.116. The molecule has 1 amide bonds. The van der Waals surface area contributed by atoms with Gasteiger partial charge in [-0.15, -0.1) is 11.3 Å². The third-order valence-corrected chi connectivity index (χ3v) is 7.18. The molecular weight excluding hydrogens is 477 g/mol. The second kappa shape index (κ2) is 8.78. The first-order valence-corrected chi connectivity index (χ1v) is 11.9. The van der Waals surface area contributed by atoms with E-state index in [1.165, 1.54) is 0 Å². The number of nitrogens with zero attached hydrogens (tertiary/aromatic N) is 3. The van der Waals surface area contributed by atoms with Crippen molar-refractivity contribution in [3.05, 3.63) is 81.3 Å². The normalized spacial score (nSPS) is 15.3. The highest BCUT2D eigenvalue weighted by Gasteiger charge is 2.32. The Morgan fingerprint density at radius 2 is 1.94 bits per heavy atom. The molecule has 166 valence electrons. The predicted octanol–water partition coefficient (Wildman–Crippen LogP) is 6.80. The van der Waals surface area contributed by atoms with Crippen molar-refractivity contribution in [2.45, 2.75) is 26.5 Å². The zero-order chi connectivity index (χ0) is 23.1. The van der Waals surface area contributed by atoms with Crippen molar-refractivity contribution in [1.82, 2.24) is 9.97 Å². The molecule has 2 aromatic carbocycles. The van der Waals surface area contributed by atoms with Gasteiger partial charge in [0.25, 0.3) is 5.91 Å². The van der Waals surface area contributed by atoms with E-state index in [1.54, 1.807) is 41.5 Å². The smallest absolute Gasteiger partial charge is 0.268 e. The van der Waals surface area contributed by atoms with E-state index in [9.17, 15) is 4.79 Å². The number of pyridine rings is 1. The number of anilines is 1. The number of carbonyl (C=O) groups excluding carboxylic acids is 1. The molecule has 0 N–H and O–H groups in total. The highest BCUT2D eigenvalue weighted by Crippen LogP contribution is 2.40. The monoisotopic (exact) mass is 495 g/mol. The van der Waals surface area contributed by atoms with Gasteiger partial charge in [0.2, 0.25) is 0 Å². The number of thiazole rings is 1. The van der Waals surface area contributed by atoms with Gasteiger partial charge in [-0.25, -0.2) is 4.98 Å². The first kappa shape index (κ1) is 21.9. The summed E-state index contributed by atoms with van der Waals surface area (Å²) in [6.45, 7) is 4.15. The zero-order valence-corrected chi connectivity index (χ0v) is 20.2. The van der Waals surface area contributed by atoms with Crippen LogP contribution in [0.4, 0.5) is 5.69 Å². The standard InChI is InChI=1S/C25H19Cl2N3O2S/c1-14-25(31)30(13-16-6-8-18(26)19(27)11-16)21-12-17(7-9-22(21)32-14)23-15(2)33-24(29-23)20-5-3-4-10-28-20/h3-12,14H,13H2,1-2H3. The lowest BCUT2D eigenvalue weighted by Gasteiger charge is -2.33. The van der Waals surface area contributed by atoms with E-state index in [0.29, 0.717) is 28.0 Å². The average Bonchev–Trinajstić information content (AvgIpc) is 3.21. The maximum Gasteiger partial charge on any atom is 0.268 e. The fraction of sp³-hybridized carbons (Fsp3) is 0.160. The van der Waals surface area contributed by atoms with E-state index in [4.69, 9.17) is 32.9 Å². The van der Waals surface area contributed by atoms with E-state index >= 15 is 0 Å². The molecule has 0 saturated carbocycles. The van der Waals surface area contributed by atoms with Gasteiger partial charge < -0.3 is 9.64 Å². The van der Waals surface area contributed by atoms with Crippen LogP contribution in [0.1, 0.15) is 17.4 Å². The van der Waals surface area contributed by atoms with Crippen molar-refractivity contribution >= 4 is 46.1 Å². The molecule has 5 nitrogen and oxygen atoms in total. The summed E-state index contributed by atoms with van der Waals surface area (Å²) in [6, 6.07) is 17.0. The van der Waals surface area contributed by atoms with Crippen molar-refractivity contribution in [3.8, 4) is 27.7 Å². The van der Waals surface area contributed by atoms with Crippen LogP contribution in [0.15, 0.2) is 60.8 Å². The quantitative estimate of drug-likeness (QED) is 0.312. The van der Waals surface area contributed by atoms with Gasteiger partial charge in [-0.3, -0.25) is 9.78 Å². The Morgan fingerprint density at radius 3 is 2.70 bits per heavy atom. The highest BCUT2D eigenvalue weighted by molar-refractivity contribution is 7.15. The van der Waals surface area contributed by atoms with Crippen LogP contribution in [-0.2, 0) is 11.3 Å². The van der Waals surface area contributed by atoms with Crippen LogP contribution in [0.3, 0.4) is 0 Å². The number of carbonyl (C=O) groups is 1. The first-order valence-electron chi connectivity index (χ1n) is 10.4. The van der Waals surface area contributed by atoms with E-state index in [-0.39, 0.29) is 5.91 Å². The van der Waals surface area contributed by atoms with Gasteiger partial charge in [0, 0.05) is 16.6 Å². The summed E-state index contributed by atoms with van der Waals surface area (Å²) in [4.78, 5) is 25.1. The summed E-state index contributed by atoms with van der Waals surface area (Å²) in [7, 11) is 0. The van der Waals surface area contributed by atoms with Gasteiger partial charge in [-0.1, -0.05) is 35.3 Å². The predicted molar refractivity (Wildman–Crippen MR) is 133 cm³/mol. The van der Waals surface area contributed by atoms with E-state index in [0.717, 1.165) is 32.4 Å². The Balaban J connectivity index is 1.54. The zero-order valence-electron chi connectivity index (χ0n) is 17.9. The summed E-state index contributed by atoms with van der Waals surface area (Å²) in [5.74, 6) is 0.540. The molecule has 8 heteroatoms. The molecule has 5 rings (SSSR count). The lowest BCUT2D eigenvalue weighted by Crippen LogP contribution is -2.44. The van der Waals surface area contributed by atoms with Crippen molar-refractivity contribution in [2.24, 2.45) is 0 Å². The van der Waals surface area contributed by atoms with E-state index < -0.39 is 6.10 Å². The number of hydrogen-bond donors (Lipinski definition) is 0. The van der Waals surface area contributed by atoms with Crippen LogP contribution in [0.25, 0.3) is 22.0 Å². The molecule has 4 aromatic rings. The van der Waals surface area contributed by atoms with Gasteiger partial charge in [0.1, 0.15) is 10.8 Å². The fourth-order valence-electron chi connectivity index (χ4n) is 3.80. The Hall–Kier alpha value is -2.93. The summed E-state index contributed by atoms with van der Waals surface area (Å²) in [6.07, 6.45) is 1.18. The van der Waals surface area contributed by atoms with Gasteiger partial charge in [0.15, 0.2) is 6.10 Å². The number of hydrogen-bond acceptors (Lipinski definition) is 5. The Bertz CT molecular complexity index is 1360. The Morgan fingerprint density at radius 1 is 1.09 bits per heavy atom. The average molecular weight is 496 g/mol. The summed E-state index contributed by atoms with van der Waals surface area (Å²) >= 11 is 13.9. The number of fused-ring (bicyclic) bond motifs is 1. The molecule has 1 aliphatic heterocycles. The molecule has 0 fully saturated rings. The summed E-state index contributed by atoms with van der Waals surface area (Å²) < 4.78 is 5.88. The molecule has 0 aliphatic carbocycles. The third kappa shape index (κ3) is 4.22. The topological polar surface area (TPSA) is 55.3 Å². The minimum Gasteiger partial charge on any atom is -0.479 e. The third-order valence-electron chi connectivity index (χ3n) is 5.45. The molecule has 0 radical (unpaired) electrons. The maximum atomic E-state index is 13.1. The van der Waals surface area contributed by atoms with Crippen LogP contribution < -0.4 is 9.64 Å². The van der Waals surface area contributed by atoms with Crippen molar-refractivity contribution in [3.63, 3.8) is 0 Å². The van der Waals surface area contributed by atoms with Crippen molar-refractivity contribution < 1.29 is 9.53 Å². The number of aryl methyl sites for hydroxylation is 1. The Labute approximate surface area is 205 Å². The van der Waals surface area contributed by atoms with Crippen LogP contribution >= 0.6 is 34.5 Å². The molecule has 1 aliphatic rings. The minimum atomic E-state index is -0.581. The summed E-state index contributed by atoms with van der Waals surface area (Å²) in [5.41, 5.74) is 4.20. The number of aromatic nitrogens is 2. The van der Waals surface area contributed by atoms with Gasteiger partial charge in [0.05, 0.1) is 33.7 Å². The fourth-order valence-corrected chi connectivity index (χ4v) is 5.03. The first-order chi connectivity index (χ1) is 15.9. The van der Waals surface area contributed by atoms with Crippen molar-refractivity contribution in [1.29, 1.82) is 0 Å². The molecule has 3 heterocycles. The Kier molecular flexibility index (Phi) is 5.83. The second-order valence-electron chi connectivity index (χ2n) is 7.75. The molecule has 1 atom stereocenters. The number of halogens is 2. The van der Waals surface area contributed by atoms with E-state index in [1.807, 2.05) is 49.4 Å². The number of amides is 1.